The second-order valence-corrected chi connectivity index (χ2v) is 4.32. The van der Waals surface area contributed by atoms with Gasteiger partial charge >= 0.3 is 0 Å². The van der Waals surface area contributed by atoms with E-state index in [1.807, 2.05) is 0 Å². The van der Waals surface area contributed by atoms with Gasteiger partial charge in [-0.25, -0.2) is 0 Å². The van der Waals surface area contributed by atoms with Gasteiger partial charge in [0.15, 0.2) is 0 Å². The first kappa shape index (κ1) is 9.87. The van der Waals surface area contributed by atoms with E-state index in [1.165, 1.54) is 0 Å². The Bertz CT molecular complexity index is 296. The van der Waals surface area contributed by atoms with E-state index >= 15 is 0 Å². The summed E-state index contributed by atoms with van der Waals surface area (Å²) in [6.07, 6.45) is 1.61. The number of allylic oxidation sites excluding steroid dienone is 3. The van der Waals surface area contributed by atoms with E-state index in [2.05, 4.69) is 25.2 Å². The van der Waals surface area contributed by atoms with Crippen LogP contribution in [0.3, 0.4) is 0 Å². The van der Waals surface area contributed by atoms with Crippen LogP contribution in [0, 0.1) is 10.1 Å². The van der Waals surface area contributed by atoms with E-state index in [4.69, 9.17) is 0 Å². The van der Waals surface area contributed by atoms with E-state index in [0.717, 1.165) is 23.7 Å². The zero-order valence-electron chi connectivity index (χ0n) is 6.63. The Labute approximate surface area is 81.4 Å². The Morgan fingerprint density at radius 2 is 2.17 bits per heavy atom. The lowest BCUT2D eigenvalue weighted by Crippen LogP contribution is -2.07. The van der Waals surface area contributed by atoms with Crippen LogP contribution in [0.25, 0.3) is 0 Å². The minimum Gasteiger partial charge on any atom is -0.258 e. The monoisotopic (exact) mass is 249 g/mol. The molecule has 0 bridgehead atoms. The molecule has 0 spiro atoms. The minimum absolute atomic E-state index is 0.228. The molecule has 0 aromatic carbocycles. The molecule has 1 atom stereocenters. The molecule has 0 saturated carbocycles. The SMILES string of the molecule is CC1=C(P)CCC(Br)=C1[N+](=O)[O-]. The van der Waals surface area contributed by atoms with Gasteiger partial charge in [0.25, 0.3) is 5.70 Å². The quantitative estimate of drug-likeness (QED) is 0.408. The summed E-state index contributed by atoms with van der Waals surface area (Å²) in [6.45, 7) is 1.78. The fraction of sp³-hybridized carbons (Fsp3) is 0.429. The highest BCUT2D eigenvalue weighted by Gasteiger charge is 2.24. The lowest BCUT2D eigenvalue weighted by Gasteiger charge is -2.12. The summed E-state index contributed by atoms with van der Waals surface area (Å²) in [7, 11) is 2.55. The number of nitro groups is 1. The van der Waals surface area contributed by atoms with Crippen molar-refractivity contribution in [1.29, 1.82) is 0 Å². The van der Waals surface area contributed by atoms with Gasteiger partial charge in [0.1, 0.15) is 0 Å². The number of halogens is 1. The van der Waals surface area contributed by atoms with Gasteiger partial charge in [0.2, 0.25) is 0 Å². The smallest absolute Gasteiger partial charge is 0.258 e. The molecule has 0 heterocycles. The van der Waals surface area contributed by atoms with Gasteiger partial charge in [-0.15, -0.1) is 9.24 Å². The topological polar surface area (TPSA) is 43.1 Å². The Hall–Kier alpha value is -0.210. The van der Waals surface area contributed by atoms with Crippen LogP contribution in [0.1, 0.15) is 19.8 Å². The molecule has 5 heteroatoms. The number of nitrogens with zero attached hydrogens (tertiary/aromatic N) is 1. The van der Waals surface area contributed by atoms with E-state index < -0.39 is 0 Å². The predicted octanol–water partition coefficient (Wildman–Crippen LogP) is 2.81. The molecule has 0 N–H and O–H groups in total. The first-order chi connectivity index (χ1) is 5.54. The van der Waals surface area contributed by atoms with Crippen LogP contribution in [0.4, 0.5) is 0 Å². The van der Waals surface area contributed by atoms with Crippen molar-refractivity contribution in [3.8, 4) is 0 Å². The van der Waals surface area contributed by atoms with Crippen molar-refractivity contribution in [2.75, 3.05) is 0 Å². The molecule has 0 saturated heterocycles. The molecular weight excluding hydrogens is 241 g/mol. The molecular formula is C7H9BrNO2P. The Kier molecular flexibility index (Phi) is 3.02. The standard InChI is InChI=1S/C7H9BrNO2P/c1-4-6(12)3-2-5(8)7(4)9(10)11/h2-3,12H2,1H3. The first-order valence-electron chi connectivity index (χ1n) is 3.52. The fourth-order valence-corrected chi connectivity index (χ4v) is 2.06. The Morgan fingerprint density at radius 1 is 1.58 bits per heavy atom. The maximum Gasteiger partial charge on any atom is 0.282 e. The number of hydrogen-bond acceptors (Lipinski definition) is 2. The van der Waals surface area contributed by atoms with Gasteiger partial charge in [-0.3, -0.25) is 10.1 Å². The summed E-state index contributed by atoms with van der Waals surface area (Å²) >= 11 is 3.22. The van der Waals surface area contributed by atoms with Crippen molar-refractivity contribution in [3.05, 3.63) is 31.2 Å². The van der Waals surface area contributed by atoms with Crippen LogP contribution in [-0.2, 0) is 0 Å². The molecule has 66 valence electrons. The average molecular weight is 250 g/mol. The maximum atomic E-state index is 10.6. The zero-order valence-corrected chi connectivity index (χ0v) is 9.37. The van der Waals surface area contributed by atoms with Crippen LogP contribution in [0.5, 0.6) is 0 Å². The van der Waals surface area contributed by atoms with Crippen LogP contribution >= 0.6 is 25.2 Å². The molecule has 1 rings (SSSR count). The molecule has 1 aliphatic carbocycles. The van der Waals surface area contributed by atoms with Crippen LogP contribution in [0.15, 0.2) is 21.1 Å². The van der Waals surface area contributed by atoms with Crippen molar-refractivity contribution in [2.24, 2.45) is 0 Å². The largest absolute Gasteiger partial charge is 0.282 e. The van der Waals surface area contributed by atoms with Crippen molar-refractivity contribution in [3.63, 3.8) is 0 Å². The molecule has 1 unspecified atom stereocenters. The molecule has 0 amide bonds. The van der Waals surface area contributed by atoms with Gasteiger partial charge in [-0.2, -0.15) is 0 Å². The predicted molar refractivity (Wildman–Crippen MR) is 54.6 cm³/mol. The van der Waals surface area contributed by atoms with Crippen LogP contribution < -0.4 is 0 Å². The highest BCUT2D eigenvalue weighted by atomic mass is 79.9. The van der Waals surface area contributed by atoms with Crippen molar-refractivity contribution in [2.45, 2.75) is 19.8 Å². The summed E-state index contributed by atoms with van der Waals surface area (Å²) in [5.74, 6) is 0. The number of hydrogen-bond donors (Lipinski definition) is 0. The lowest BCUT2D eigenvalue weighted by atomic mass is 10.1. The summed E-state index contributed by atoms with van der Waals surface area (Å²) in [4.78, 5) is 10.3. The maximum absolute atomic E-state index is 10.6. The summed E-state index contributed by atoms with van der Waals surface area (Å²) in [5.41, 5.74) is 0.995. The van der Waals surface area contributed by atoms with Gasteiger partial charge in [0, 0.05) is 5.57 Å². The van der Waals surface area contributed by atoms with Gasteiger partial charge in [0.05, 0.1) is 9.41 Å². The summed E-state index contributed by atoms with van der Waals surface area (Å²) < 4.78 is 0.705. The van der Waals surface area contributed by atoms with Gasteiger partial charge in [-0.05, 0) is 41.0 Å². The molecule has 0 aromatic heterocycles. The third-order valence-corrected chi connectivity index (χ3v) is 3.38. The average Bonchev–Trinajstić information content (AvgIpc) is 1.97. The van der Waals surface area contributed by atoms with Crippen molar-refractivity contribution in [1.82, 2.24) is 0 Å². The summed E-state index contributed by atoms with van der Waals surface area (Å²) in [6, 6.07) is 0. The molecule has 1 aliphatic rings. The molecule has 3 nitrogen and oxygen atoms in total. The third-order valence-electron chi connectivity index (χ3n) is 1.89. The number of rotatable bonds is 1. The van der Waals surface area contributed by atoms with Crippen LogP contribution in [0.2, 0.25) is 0 Å². The van der Waals surface area contributed by atoms with E-state index in [-0.39, 0.29) is 10.6 Å². The molecule has 0 radical (unpaired) electrons. The van der Waals surface area contributed by atoms with E-state index in [9.17, 15) is 10.1 Å². The highest BCUT2D eigenvalue weighted by Crippen LogP contribution is 2.36. The summed E-state index contributed by atoms with van der Waals surface area (Å²) in [5, 5.41) is 11.6. The Morgan fingerprint density at radius 3 is 2.58 bits per heavy atom. The Balaban J connectivity index is 3.16. The second-order valence-electron chi connectivity index (χ2n) is 2.66. The van der Waals surface area contributed by atoms with E-state index in [0.29, 0.717) is 4.48 Å². The molecule has 0 aromatic rings. The first-order valence-corrected chi connectivity index (χ1v) is 4.89. The minimum atomic E-state index is -0.331. The normalized spacial score (nSPS) is 18.6. The van der Waals surface area contributed by atoms with E-state index in [1.54, 1.807) is 6.92 Å². The fourth-order valence-electron chi connectivity index (χ4n) is 1.14. The highest BCUT2D eigenvalue weighted by molar-refractivity contribution is 9.11. The van der Waals surface area contributed by atoms with Crippen molar-refractivity contribution < 1.29 is 4.92 Å². The van der Waals surface area contributed by atoms with Crippen LogP contribution in [-0.4, -0.2) is 4.92 Å². The third kappa shape index (κ3) is 1.75. The van der Waals surface area contributed by atoms with Gasteiger partial charge in [-0.1, -0.05) is 0 Å². The lowest BCUT2D eigenvalue weighted by molar-refractivity contribution is -0.421. The van der Waals surface area contributed by atoms with Crippen molar-refractivity contribution >= 4 is 25.2 Å². The zero-order chi connectivity index (χ0) is 9.30. The molecule has 0 aliphatic heterocycles. The van der Waals surface area contributed by atoms with Gasteiger partial charge < -0.3 is 0 Å². The molecule has 0 fully saturated rings. The second kappa shape index (κ2) is 3.67. The molecule has 12 heavy (non-hydrogen) atoms.